The molecule has 0 spiro atoms. The minimum atomic E-state index is 0.660. The van der Waals surface area contributed by atoms with Gasteiger partial charge in [0.25, 0.3) is 0 Å². The summed E-state index contributed by atoms with van der Waals surface area (Å²) >= 11 is 1.95. The maximum Gasteiger partial charge on any atom is 0.0611 e. The molecule has 0 amide bonds. The molecule has 1 aromatic carbocycles. The second-order valence-electron chi connectivity index (χ2n) is 4.06. The van der Waals surface area contributed by atoms with Crippen molar-refractivity contribution in [1.29, 1.82) is 0 Å². The van der Waals surface area contributed by atoms with E-state index in [0.29, 0.717) is 5.25 Å². The minimum absolute atomic E-state index is 0.660. The smallest absolute Gasteiger partial charge is 0.0611 e. The Morgan fingerprint density at radius 3 is 2.88 bits per heavy atom. The molecule has 88 valence electrons. The van der Waals surface area contributed by atoms with Gasteiger partial charge in [-0.1, -0.05) is 25.1 Å². The van der Waals surface area contributed by atoms with E-state index in [1.165, 1.54) is 16.9 Å². The van der Waals surface area contributed by atoms with Crippen molar-refractivity contribution >= 4 is 11.8 Å². The van der Waals surface area contributed by atoms with E-state index in [0.717, 1.165) is 26.3 Å². The first-order valence-corrected chi connectivity index (χ1v) is 6.81. The van der Waals surface area contributed by atoms with Crippen molar-refractivity contribution in [2.24, 2.45) is 0 Å². The number of nitrogens with one attached hydrogen (secondary N) is 1. The lowest BCUT2D eigenvalue weighted by molar-refractivity contribution is 0.0455. The predicted molar refractivity (Wildman–Crippen MR) is 68.9 cm³/mol. The third-order valence-electron chi connectivity index (χ3n) is 2.62. The van der Waals surface area contributed by atoms with Crippen LogP contribution in [0.2, 0.25) is 0 Å². The fraction of sp³-hybridized carbons (Fsp3) is 0.538. The zero-order valence-electron chi connectivity index (χ0n) is 9.74. The van der Waals surface area contributed by atoms with Gasteiger partial charge in [0.15, 0.2) is 0 Å². The van der Waals surface area contributed by atoms with Crippen LogP contribution >= 0.6 is 11.8 Å². The van der Waals surface area contributed by atoms with Crippen LogP contribution in [0.4, 0.5) is 0 Å². The van der Waals surface area contributed by atoms with Crippen molar-refractivity contribution in [2.75, 3.05) is 19.8 Å². The Morgan fingerprint density at radius 1 is 1.38 bits per heavy atom. The lowest BCUT2D eigenvalue weighted by Crippen LogP contribution is -2.30. The second-order valence-corrected chi connectivity index (χ2v) is 5.40. The zero-order chi connectivity index (χ0) is 11.2. The largest absolute Gasteiger partial charge is 0.379 e. The maximum absolute atomic E-state index is 5.21. The average Bonchev–Trinajstić information content (AvgIpc) is 2.25. The molecule has 0 aromatic heterocycles. The highest BCUT2D eigenvalue weighted by Crippen LogP contribution is 2.30. The summed E-state index contributed by atoms with van der Waals surface area (Å²) in [4.78, 5) is 1.40. The number of hydrogen-bond donors (Lipinski definition) is 1. The molecule has 3 heteroatoms. The van der Waals surface area contributed by atoms with Gasteiger partial charge in [-0.25, -0.2) is 0 Å². The van der Waals surface area contributed by atoms with Gasteiger partial charge >= 0.3 is 0 Å². The Hall–Kier alpha value is -0.510. The Labute approximate surface area is 102 Å². The normalized spacial score (nSPS) is 16.1. The van der Waals surface area contributed by atoms with E-state index in [1.807, 2.05) is 11.8 Å². The number of thioether (sulfide) groups is 1. The van der Waals surface area contributed by atoms with Gasteiger partial charge in [0.1, 0.15) is 0 Å². The summed E-state index contributed by atoms with van der Waals surface area (Å²) in [6.45, 7) is 6.07. The average molecular weight is 237 g/mol. The summed E-state index contributed by atoms with van der Waals surface area (Å²) in [6.07, 6.45) is 1.19. The van der Waals surface area contributed by atoms with Gasteiger partial charge in [0.05, 0.1) is 18.5 Å². The van der Waals surface area contributed by atoms with Gasteiger partial charge in [-0.05, 0) is 24.6 Å². The van der Waals surface area contributed by atoms with Crippen LogP contribution in [0.25, 0.3) is 0 Å². The van der Waals surface area contributed by atoms with Crippen molar-refractivity contribution < 1.29 is 4.74 Å². The molecule has 2 nitrogen and oxygen atoms in total. The Morgan fingerprint density at radius 2 is 2.19 bits per heavy atom. The van der Waals surface area contributed by atoms with Gasteiger partial charge in [0.2, 0.25) is 0 Å². The van der Waals surface area contributed by atoms with Crippen molar-refractivity contribution in [3.63, 3.8) is 0 Å². The van der Waals surface area contributed by atoms with E-state index in [4.69, 9.17) is 4.74 Å². The lowest BCUT2D eigenvalue weighted by atomic mass is 10.2. The highest BCUT2D eigenvalue weighted by atomic mass is 32.2. The van der Waals surface area contributed by atoms with Crippen LogP contribution in [0.15, 0.2) is 29.2 Å². The molecule has 1 aliphatic rings. The van der Waals surface area contributed by atoms with E-state index in [2.05, 4.69) is 36.5 Å². The van der Waals surface area contributed by atoms with Crippen LogP contribution in [-0.4, -0.2) is 25.0 Å². The van der Waals surface area contributed by atoms with Crippen molar-refractivity contribution in [3.05, 3.63) is 29.8 Å². The quantitative estimate of drug-likeness (QED) is 0.769. The van der Waals surface area contributed by atoms with E-state index in [-0.39, 0.29) is 0 Å². The van der Waals surface area contributed by atoms with Crippen LogP contribution in [0.3, 0.4) is 0 Å². The summed E-state index contributed by atoms with van der Waals surface area (Å²) in [5.74, 6) is 0. The number of rotatable bonds is 6. The molecule has 1 heterocycles. The first kappa shape index (κ1) is 12.0. The molecule has 0 saturated carbocycles. The molecule has 0 radical (unpaired) electrons. The van der Waals surface area contributed by atoms with E-state index >= 15 is 0 Å². The number of benzene rings is 1. The standard InChI is InChI=1S/C13H19NOS/c1-2-7-14-8-11-5-3-4-6-13(11)16-12-9-15-10-12/h3-6,12,14H,2,7-10H2,1H3. The molecular formula is C13H19NOS. The molecule has 1 fully saturated rings. The predicted octanol–water partition coefficient (Wildman–Crippen LogP) is 2.68. The van der Waals surface area contributed by atoms with Crippen LogP contribution in [0.1, 0.15) is 18.9 Å². The van der Waals surface area contributed by atoms with Crippen molar-refractivity contribution in [3.8, 4) is 0 Å². The molecule has 0 unspecified atom stereocenters. The molecule has 1 saturated heterocycles. The Bertz CT molecular complexity index is 325. The molecule has 2 rings (SSSR count). The Kier molecular flexibility index (Phi) is 4.69. The number of ether oxygens (including phenoxy) is 1. The molecule has 1 aliphatic heterocycles. The molecular weight excluding hydrogens is 218 g/mol. The summed E-state index contributed by atoms with van der Waals surface area (Å²) < 4.78 is 5.21. The molecule has 0 atom stereocenters. The van der Waals surface area contributed by atoms with Gasteiger partial charge in [-0.2, -0.15) is 0 Å². The SMILES string of the molecule is CCCNCc1ccccc1SC1COC1. The molecule has 1 aromatic rings. The summed E-state index contributed by atoms with van der Waals surface area (Å²) in [5, 5.41) is 4.12. The molecule has 16 heavy (non-hydrogen) atoms. The topological polar surface area (TPSA) is 21.3 Å². The Balaban J connectivity index is 1.92. The highest BCUT2D eigenvalue weighted by molar-refractivity contribution is 8.00. The van der Waals surface area contributed by atoms with Gasteiger partial charge in [-0.3, -0.25) is 0 Å². The van der Waals surface area contributed by atoms with Crippen LogP contribution in [-0.2, 0) is 11.3 Å². The maximum atomic E-state index is 5.21. The zero-order valence-corrected chi connectivity index (χ0v) is 10.6. The first-order chi connectivity index (χ1) is 7.90. The third-order valence-corrected chi connectivity index (χ3v) is 3.87. The van der Waals surface area contributed by atoms with Crippen LogP contribution in [0, 0.1) is 0 Å². The molecule has 0 bridgehead atoms. The van der Waals surface area contributed by atoms with Crippen LogP contribution < -0.4 is 5.32 Å². The van der Waals surface area contributed by atoms with Gasteiger partial charge < -0.3 is 10.1 Å². The molecule has 0 aliphatic carbocycles. The van der Waals surface area contributed by atoms with E-state index < -0.39 is 0 Å². The lowest BCUT2D eigenvalue weighted by Gasteiger charge is -2.26. The van der Waals surface area contributed by atoms with Crippen molar-refractivity contribution in [2.45, 2.75) is 30.0 Å². The fourth-order valence-electron chi connectivity index (χ4n) is 1.63. The first-order valence-electron chi connectivity index (χ1n) is 5.93. The summed E-state index contributed by atoms with van der Waals surface area (Å²) in [5.41, 5.74) is 1.41. The van der Waals surface area contributed by atoms with Crippen molar-refractivity contribution in [1.82, 2.24) is 5.32 Å². The molecule has 1 N–H and O–H groups in total. The second kappa shape index (κ2) is 6.28. The summed E-state index contributed by atoms with van der Waals surface area (Å²) in [6, 6.07) is 8.66. The third kappa shape index (κ3) is 3.24. The highest BCUT2D eigenvalue weighted by Gasteiger charge is 2.20. The minimum Gasteiger partial charge on any atom is -0.379 e. The van der Waals surface area contributed by atoms with Crippen LogP contribution in [0.5, 0.6) is 0 Å². The van der Waals surface area contributed by atoms with E-state index in [1.54, 1.807) is 0 Å². The number of hydrogen-bond acceptors (Lipinski definition) is 3. The summed E-state index contributed by atoms with van der Waals surface area (Å²) in [7, 11) is 0. The monoisotopic (exact) mass is 237 g/mol. The van der Waals surface area contributed by atoms with E-state index in [9.17, 15) is 0 Å². The fourth-order valence-corrected chi connectivity index (χ4v) is 2.76. The van der Waals surface area contributed by atoms with Gasteiger partial charge in [-0.15, -0.1) is 11.8 Å². The van der Waals surface area contributed by atoms with Gasteiger partial charge in [0, 0.05) is 11.4 Å².